The lowest BCUT2D eigenvalue weighted by atomic mass is 10.3. The molecule has 1 heterocycles. The van der Waals surface area contributed by atoms with Gasteiger partial charge >= 0.3 is 0 Å². The number of nitriles is 1. The molecule has 0 saturated heterocycles. The van der Waals surface area contributed by atoms with Crippen LogP contribution in [0.2, 0.25) is 0 Å². The topological polar surface area (TPSA) is 78.7 Å². The molecule has 1 aromatic rings. The van der Waals surface area contributed by atoms with Crippen molar-refractivity contribution in [1.82, 2.24) is 9.97 Å². The summed E-state index contributed by atoms with van der Waals surface area (Å²) in [5, 5.41) is 12.1. The van der Waals surface area contributed by atoms with Crippen molar-refractivity contribution in [3.63, 3.8) is 0 Å². The van der Waals surface area contributed by atoms with Gasteiger partial charge in [0.1, 0.15) is 5.82 Å². The van der Waals surface area contributed by atoms with Crippen LogP contribution in [0.1, 0.15) is 18.4 Å². The van der Waals surface area contributed by atoms with Gasteiger partial charge in [-0.2, -0.15) is 5.26 Å². The molecule has 1 unspecified atom stereocenters. The lowest BCUT2D eigenvalue weighted by Gasteiger charge is -2.07. The van der Waals surface area contributed by atoms with Gasteiger partial charge in [0.15, 0.2) is 0 Å². The van der Waals surface area contributed by atoms with E-state index >= 15 is 0 Å². The Balaban J connectivity index is 2.33. The minimum atomic E-state index is -1.20. The highest BCUT2D eigenvalue weighted by Gasteiger charge is 2.22. The lowest BCUT2D eigenvalue weighted by Crippen LogP contribution is -2.08. The third-order valence-electron chi connectivity index (χ3n) is 2.31. The van der Waals surface area contributed by atoms with E-state index in [-0.39, 0.29) is 0 Å². The van der Waals surface area contributed by atoms with E-state index in [4.69, 9.17) is 5.26 Å². The van der Waals surface area contributed by atoms with E-state index in [2.05, 4.69) is 15.3 Å². The molecular formula is C11H12N4OS. The average Bonchev–Trinajstić information content (AvgIpc) is 3.11. The van der Waals surface area contributed by atoms with Crippen molar-refractivity contribution in [2.45, 2.75) is 24.0 Å². The maximum Gasteiger partial charge on any atom is 0.220 e. The fourth-order valence-corrected chi connectivity index (χ4v) is 1.72. The fourth-order valence-electron chi connectivity index (χ4n) is 1.30. The van der Waals surface area contributed by atoms with E-state index in [1.807, 2.05) is 6.07 Å². The Kier molecular flexibility index (Phi) is 3.49. The third-order valence-corrected chi connectivity index (χ3v) is 3.02. The van der Waals surface area contributed by atoms with Gasteiger partial charge in [0.2, 0.25) is 5.16 Å². The summed E-state index contributed by atoms with van der Waals surface area (Å²) >= 11 is 0. The molecule has 0 aromatic carbocycles. The molecule has 0 bridgehead atoms. The van der Waals surface area contributed by atoms with Gasteiger partial charge in [0.25, 0.3) is 0 Å². The van der Waals surface area contributed by atoms with Crippen molar-refractivity contribution in [1.29, 1.82) is 5.26 Å². The number of nitrogens with zero attached hydrogens (tertiary/aromatic N) is 3. The highest BCUT2D eigenvalue weighted by atomic mass is 32.2. The Hall–Kier alpha value is -1.74. The van der Waals surface area contributed by atoms with Gasteiger partial charge in [-0.3, -0.25) is 4.21 Å². The monoisotopic (exact) mass is 248 g/mol. The molecule has 0 aliphatic heterocycles. The van der Waals surface area contributed by atoms with Crippen molar-refractivity contribution in [3.8, 4) is 6.07 Å². The SMILES string of the molecule is CS(=O)c1ncc(C=CC#N)c(NC2CC2)n1. The average molecular weight is 248 g/mol. The second-order valence-electron chi connectivity index (χ2n) is 3.79. The Morgan fingerprint density at radius 1 is 1.65 bits per heavy atom. The zero-order valence-corrected chi connectivity index (χ0v) is 10.2. The molecule has 1 aliphatic carbocycles. The highest BCUT2D eigenvalue weighted by Crippen LogP contribution is 2.26. The largest absolute Gasteiger partial charge is 0.367 e. The quantitative estimate of drug-likeness (QED) is 0.642. The normalized spacial score (nSPS) is 16.7. The van der Waals surface area contributed by atoms with E-state index in [1.54, 1.807) is 18.5 Å². The van der Waals surface area contributed by atoms with E-state index in [9.17, 15) is 4.21 Å². The van der Waals surface area contributed by atoms with Crippen LogP contribution in [0.3, 0.4) is 0 Å². The number of allylic oxidation sites excluding steroid dienone is 1. The van der Waals surface area contributed by atoms with E-state index in [0.717, 1.165) is 18.4 Å². The maximum atomic E-state index is 11.3. The smallest absolute Gasteiger partial charge is 0.220 e. The second-order valence-corrected chi connectivity index (χ2v) is 5.07. The van der Waals surface area contributed by atoms with Crippen LogP contribution in [0.5, 0.6) is 0 Å². The number of rotatable bonds is 4. The van der Waals surface area contributed by atoms with Crippen LogP contribution in [-0.2, 0) is 10.8 Å². The lowest BCUT2D eigenvalue weighted by molar-refractivity contribution is 0.679. The molecule has 17 heavy (non-hydrogen) atoms. The summed E-state index contributed by atoms with van der Waals surface area (Å²) in [7, 11) is -1.20. The number of hydrogen-bond acceptors (Lipinski definition) is 5. The standard InChI is InChI=1S/C11H12N4OS/c1-17(16)11-13-7-8(3-2-6-12)10(15-11)14-9-4-5-9/h2-3,7,9H,4-5H2,1H3,(H,13,14,15). The minimum absolute atomic E-state index is 0.308. The van der Waals surface area contributed by atoms with Crippen molar-refractivity contribution >= 4 is 22.7 Å². The van der Waals surface area contributed by atoms with Gasteiger partial charge in [-0.25, -0.2) is 9.97 Å². The Morgan fingerprint density at radius 2 is 2.41 bits per heavy atom. The number of hydrogen-bond donors (Lipinski definition) is 1. The van der Waals surface area contributed by atoms with Gasteiger partial charge in [0, 0.05) is 30.1 Å². The first-order chi connectivity index (χ1) is 8.20. The van der Waals surface area contributed by atoms with Crippen LogP contribution in [-0.4, -0.2) is 26.5 Å². The first-order valence-corrected chi connectivity index (χ1v) is 6.79. The molecule has 1 aliphatic rings. The zero-order chi connectivity index (χ0) is 12.3. The number of aromatic nitrogens is 2. The van der Waals surface area contributed by atoms with Crippen molar-refractivity contribution < 1.29 is 4.21 Å². The molecular weight excluding hydrogens is 236 g/mol. The molecule has 1 N–H and O–H groups in total. The van der Waals surface area contributed by atoms with E-state index in [0.29, 0.717) is 17.0 Å². The fraction of sp³-hybridized carbons (Fsp3) is 0.364. The first kappa shape index (κ1) is 11.7. The van der Waals surface area contributed by atoms with Crippen LogP contribution in [0.4, 0.5) is 5.82 Å². The summed E-state index contributed by atoms with van der Waals surface area (Å²) in [4.78, 5) is 8.23. The summed E-state index contributed by atoms with van der Waals surface area (Å²) in [6.45, 7) is 0. The van der Waals surface area contributed by atoms with Crippen LogP contribution >= 0.6 is 0 Å². The second kappa shape index (κ2) is 5.06. The molecule has 5 nitrogen and oxygen atoms in total. The van der Waals surface area contributed by atoms with Gasteiger partial charge < -0.3 is 5.32 Å². The zero-order valence-electron chi connectivity index (χ0n) is 9.38. The van der Waals surface area contributed by atoms with Crippen molar-refractivity contribution in [3.05, 3.63) is 17.8 Å². The van der Waals surface area contributed by atoms with Gasteiger partial charge in [-0.15, -0.1) is 0 Å². The van der Waals surface area contributed by atoms with Crippen molar-refractivity contribution in [2.24, 2.45) is 0 Å². The van der Waals surface area contributed by atoms with Gasteiger partial charge in [-0.05, 0) is 18.9 Å². The Labute approximate surface area is 102 Å². The Bertz CT molecular complexity index is 517. The molecule has 0 radical (unpaired) electrons. The molecule has 0 spiro atoms. The molecule has 1 atom stereocenters. The summed E-state index contributed by atoms with van der Waals surface area (Å²) in [6.07, 6.45) is 8.39. The molecule has 1 saturated carbocycles. The molecule has 2 rings (SSSR count). The van der Waals surface area contributed by atoms with Crippen LogP contribution in [0, 0.1) is 11.3 Å². The maximum absolute atomic E-state index is 11.3. The predicted octanol–water partition coefficient (Wildman–Crippen LogP) is 1.33. The van der Waals surface area contributed by atoms with Crippen LogP contribution in [0.25, 0.3) is 6.08 Å². The molecule has 1 fully saturated rings. The molecule has 0 amide bonds. The number of anilines is 1. The van der Waals surface area contributed by atoms with Crippen LogP contribution < -0.4 is 5.32 Å². The third kappa shape index (κ3) is 3.11. The van der Waals surface area contributed by atoms with Crippen LogP contribution in [0.15, 0.2) is 17.4 Å². The summed E-state index contributed by atoms with van der Waals surface area (Å²) in [5.74, 6) is 0.652. The van der Waals surface area contributed by atoms with Gasteiger partial charge in [-0.1, -0.05) is 0 Å². The first-order valence-electron chi connectivity index (χ1n) is 5.24. The summed E-state index contributed by atoms with van der Waals surface area (Å²) in [5.41, 5.74) is 0.743. The van der Waals surface area contributed by atoms with Gasteiger partial charge in [0.05, 0.1) is 16.9 Å². The van der Waals surface area contributed by atoms with E-state index in [1.165, 1.54) is 6.08 Å². The minimum Gasteiger partial charge on any atom is -0.367 e. The summed E-state index contributed by atoms with van der Waals surface area (Å²) < 4.78 is 11.3. The highest BCUT2D eigenvalue weighted by molar-refractivity contribution is 7.84. The Morgan fingerprint density at radius 3 is 3.00 bits per heavy atom. The van der Waals surface area contributed by atoms with Crippen molar-refractivity contribution in [2.75, 3.05) is 11.6 Å². The summed E-state index contributed by atoms with van der Waals surface area (Å²) in [6, 6.07) is 2.37. The predicted molar refractivity (Wildman–Crippen MR) is 65.7 cm³/mol. The van der Waals surface area contributed by atoms with E-state index < -0.39 is 10.8 Å². The molecule has 88 valence electrons. The molecule has 1 aromatic heterocycles. The molecule has 6 heteroatoms. The number of nitrogens with one attached hydrogen (secondary N) is 1.